The summed E-state index contributed by atoms with van der Waals surface area (Å²) in [7, 11) is -9.89. The Bertz CT molecular complexity index is 1680. The minimum absolute atomic E-state index is 0.103. The topological polar surface area (TPSA) is 237 Å². The van der Waals surface area contributed by atoms with E-state index in [2.05, 4.69) is 55.4 Å². The zero-order valence-electron chi connectivity index (χ0n) is 54.5. The zero-order chi connectivity index (χ0) is 62.5. The van der Waals surface area contributed by atoms with E-state index >= 15 is 0 Å². The first-order chi connectivity index (χ1) is 40.1. The van der Waals surface area contributed by atoms with Crippen LogP contribution in [-0.2, 0) is 65.4 Å². The molecule has 0 rings (SSSR count). The molecule has 0 aliphatic heterocycles. The standard InChI is InChI=1S/C65H126O17P2/c1-55(2)41-33-25-17-13-11-9-10-12-14-19-31-39-47-64(69)81-60(51-75-62(67)45-37-29-23-21-27-35-43-57(5)6)53-79-83(71,72)77-49-59(66)50-78-84(73,74)80-54-61(52-76-63(68)46-38-30-24-22-28-36-44-58(7)8)82-65(70)48-40-32-20-16-15-18-26-34-42-56(3)4/h55-61,66H,9-54H2,1-8H3,(H,71,72)(H,73,74)/t59-,60+,61+/m0/s1. The lowest BCUT2D eigenvalue weighted by Gasteiger charge is -2.21. The van der Waals surface area contributed by atoms with Crippen molar-refractivity contribution in [1.29, 1.82) is 0 Å². The van der Waals surface area contributed by atoms with E-state index in [0.717, 1.165) is 115 Å². The maximum atomic E-state index is 13.0. The predicted molar refractivity (Wildman–Crippen MR) is 335 cm³/mol. The summed E-state index contributed by atoms with van der Waals surface area (Å²) in [6.45, 7) is 13.9. The van der Waals surface area contributed by atoms with Crippen molar-refractivity contribution < 1.29 is 80.2 Å². The molecule has 0 spiro atoms. The van der Waals surface area contributed by atoms with Gasteiger partial charge in [0.1, 0.15) is 19.3 Å². The van der Waals surface area contributed by atoms with E-state index in [-0.39, 0.29) is 25.7 Å². The normalized spacial score (nSPS) is 14.4. The Kier molecular flexibility index (Phi) is 53.9. The van der Waals surface area contributed by atoms with Crippen molar-refractivity contribution in [3.8, 4) is 0 Å². The number of phosphoric acid groups is 2. The number of esters is 4. The minimum Gasteiger partial charge on any atom is -0.462 e. The van der Waals surface area contributed by atoms with Gasteiger partial charge in [-0.25, -0.2) is 9.13 Å². The number of phosphoric ester groups is 2. The highest BCUT2D eigenvalue weighted by Gasteiger charge is 2.30. The molecule has 498 valence electrons. The molecule has 0 fully saturated rings. The van der Waals surface area contributed by atoms with E-state index in [4.69, 9.17) is 37.0 Å². The number of ether oxygens (including phenoxy) is 4. The van der Waals surface area contributed by atoms with Crippen LogP contribution in [0.4, 0.5) is 0 Å². The Balaban J connectivity index is 5.23. The van der Waals surface area contributed by atoms with Gasteiger partial charge in [-0.15, -0.1) is 0 Å². The van der Waals surface area contributed by atoms with Crippen LogP contribution in [0.5, 0.6) is 0 Å². The molecule has 0 aromatic carbocycles. The fraction of sp³-hybridized carbons (Fsp3) is 0.938. The molecule has 0 saturated carbocycles. The molecule has 0 saturated heterocycles. The van der Waals surface area contributed by atoms with Crippen molar-refractivity contribution in [3.63, 3.8) is 0 Å². The molecule has 0 aliphatic carbocycles. The van der Waals surface area contributed by atoms with Gasteiger partial charge in [-0.05, 0) is 49.4 Å². The summed E-state index contributed by atoms with van der Waals surface area (Å²) in [4.78, 5) is 72.2. The monoisotopic (exact) mass is 1240 g/mol. The average Bonchev–Trinajstić information content (AvgIpc) is 3.58. The molecule has 0 aliphatic rings. The lowest BCUT2D eigenvalue weighted by molar-refractivity contribution is -0.161. The highest BCUT2D eigenvalue weighted by atomic mass is 31.2. The second-order valence-corrected chi connectivity index (χ2v) is 28.3. The summed E-state index contributed by atoms with van der Waals surface area (Å²) in [6.07, 6.45) is 35.2. The number of aliphatic hydroxyl groups excluding tert-OH is 1. The second kappa shape index (κ2) is 55.2. The van der Waals surface area contributed by atoms with Crippen LogP contribution in [0.2, 0.25) is 0 Å². The smallest absolute Gasteiger partial charge is 0.462 e. The predicted octanol–water partition coefficient (Wildman–Crippen LogP) is 17.8. The number of carbonyl (C=O) groups is 4. The number of hydrogen-bond donors (Lipinski definition) is 3. The molecular weight excluding hydrogens is 1110 g/mol. The van der Waals surface area contributed by atoms with E-state index in [1.54, 1.807) is 0 Å². The van der Waals surface area contributed by atoms with Gasteiger partial charge in [0, 0.05) is 25.7 Å². The third kappa shape index (κ3) is 59.0. The van der Waals surface area contributed by atoms with Gasteiger partial charge in [-0.3, -0.25) is 37.3 Å². The Hall–Kier alpha value is -1.94. The van der Waals surface area contributed by atoms with Gasteiger partial charge in [0.05, 0.1) is 26.4 Å². The molecule has 3 N–H and O–H groups in total. The van der Waals surface area contributed by atoms with Crippen LogP contribution in [0.25, 0.3) is 0 Å². The fourth-order valence-corrected chi connectivity index (χ4v) is 11.2. The van der Waals surface area contributed by atoms with Gasteiger partial charge >= 0.3 is 39.5 Å². The van der Waals surface area contributed by atoms with Crippen molar-refractivity contribution >= 4 is 39.5 Å². The number of aliphatic hydroxyl groups is 1. The van der Waals surface area contributed by atoms with Gasteiger partial charge in [-0.2, -0.15) is 0 Å². The summed E-state index contributed by atoms with van der Waals surface area (Å²) in [6, 6.07) is 0. The summed E-state index contributed by atoms with van der Waals surface area (Å²) < 4.78 is 68.0. The van der Waals surface area contributed by atoms with E-state index in [1.807, 2.05) is 0 Å². The average molecular weight is 1240 g/mol. The molecule has 0 aromatic rings. The molecule has 17 nitrogen and oxygen atoms in total. The zero-order valence-corrected chi connectivity index (χ0v) is 56.3. The van der Waals surface area contributed by atoms with Crippen LogP contribution in [0.15, 0.2) is 0 Å². The Labute approximate surface area is 511 Å². The molecule has 0 amide bonds. The van der Waals surface area contributed by atoms with E-state index in [9.17, 15) is 43.2 Å². The summed E-state index contributed by atoms with van der Waals surface area (Å²) in [5, 5.41) is 10.5. The van der Waals surface area contributed by atoms with Gasteiger partial charge in [0.25, 0.3) is 0 Å². The third-order valence-electron chi connectivity index (χ3n) is 14.8. The highest BCUT2D eigenvalue weighted by Crippen LogP contribution is 2.45. The molecule has 0 bridgehead atoms. The van der Waals surface area contributed by atoms with E-state index < -0.39 is 97.5 Å². The van der Waals surface area contributed by atoms with Crippen LogP contribution in [0.1, 0.15) is 312 Å². The number of hydrogen-bond acceptors (Lipinski definition) is 15. The molecule has 19 heteroatoms. The van der Waals surface area contributed by atoms with Gasteiger partial charge in [0.2, 0.25) is 0 Å². The van der Waals surface area contributed by atoms with Gasteiger partial charge in [-0.1, -0.05) is 261 Å². The largest absolute Gasteiger partial charge is 0.472 e. The number of carbonyl (C=O) groups excluding carboxylic acids is 4. The molecular formula is C65H126O17P2. The van der Waals surface area contributed by atoms with Crippen molar-refractivity contribution in [2.24, 2.45) is 23.7 Å². The van der Waals surface area contributed by atoms with Crippen molar-refractivity contribution in [3.05, 3.63) is 0 Å². The molecule has 5 atom stereocenters. The van der Waals surface area contributed by atoms with Crippen LogP contribution in [0.3, 0.4) is 0 Å². The first kappa shape index (κ1) is 82.1. The molecule has 0 heterocycles. The van der Waals surface area contributed by atoms with Crippen molar-refractivity contribution in [2.75, 3.05) is 39.6 Å². The number of unbranched alkanes of at least 4 members (excludes halogenated alkanes) is 28. The molecule has 0 radical (unpaired) electrons. The third-order valence-corrected chi connectivity index (χ3v) is 16.7. The minimum atomic E-state index is -4.95. The lowest BCUT2D eigenvalue weighted by atomic mass is 10.0. The van der Waals surface area contributed by atoms with Crippen molar-refractivity contribution in [2.45, 2.75) is 331 Å². The van der Waals surface area contributed by atoms with Crippen LogP contribution in [0, 0.1) is 23.7 Å². The molecule has 0 aromatic heterocycles. The lowest BCUT2D eigenvalue weighted by Crippen LogP contribution is -2.30. The van der Waals surface area contributed by atoms with Crippen LogP contribution in [-0.4, -0.2) is 96.7 Å². The Morgan fingerprint density at radius 3 is 0.738 bits per heavy atom. The summed E-state index contributed by atoms with van der Waals surface area (Å²) in [5.41, 5.74) is 0. The summed E-state index contributed by atoms with van der Waals surface area (Å²) >= 11 is 0. The van der Waals surface area contributed by atoms with E-state index in [1.165, 1.54) is 103 Å². The Morgan fingerprint density at radius 2 is 0.500 bits per heavy atom. The molecule has 84 heavy (non-hydrogen) atoms. The maximum Gasteiger partial charge on any atom is 0.472 e. The maximum absolute atomic E-state index is 13.0. The first-order valence-electron chi connectivity index (χ1n) is 33.7. The SMILES string of the molecule is CC(C)CCCCCCCCCCCCCCC(=O)O[C@H](COC(=O)CCCCCCCCC(C)C)COP(=O)(O)OC[C@H](O)COP(=O)(O)OC[C@@H](COC(=O)CCCCCCCCC(C)C)OC(=O)CCCCCCCCCCC(C)C. The van der Waals surface area contributed by atoms with Gasteiger partial charge < -0.3 is 33.8 Å². The number of rotatable bonds is 62. The summed E-state index contributed by atoms with van der Waals surface area (Å²) in [5.74, 6) is 0.712. The first-order valence-corrected chi connectivity index (χ1v) is 36.7. The molecule has 2 unspecified atom stereocenters. The van der Waals surface area contributed by atoms with Gasteiger partial charge in [0.15, 0.2) is 12.2 Å². The van der Waals surface area contributed by atoms with Crippen LogP contribution < -0.4 is 0 Å². The van der Waals surface area contributed by atoms with Crippen molar-refractivity contribution in [1.82, 2.24) is 0 Å². The highest BCUT2D eigenvalue weighted by molar-refractivity contribution is 7.47. The van der Waals surface area contributed by atoms with Crippen LogP contribution >= 0.6 is 15.6 Å². The fourth-order valence-electron chi connectivity index (χ4n) is 9.61. The Morgan fingerprint density at radius 1 is 0.298 bits per heavy atom. The van der Waals surface area contributed by atoms with E-state index in [0.29, 0.717) is 37.5 Å². The second-order valence-electron chi connectivity index (χ2n) is 25.4. The quantitative estimate of drug-likeness (QED) is 0.0222.